The first-order chi connectivity index (χ1) is 10.2. The lowest BCUT2D eigenvalue weighted by molar-refractivity contribution is 0.102. The van der Waals surface area contributed by atoms with Crippen LogP contribution in [0.5, 0.6) is 0 Å². The smallest absolute Gasteiger partial charge is 0.269 e. The van der Waals surface area contributed by atoms with E-state index in [0.717, 1.165) is 5.01 Å². The van der Waals surface area contributed by atoms with Gasteiger partial charge in [0, 0.05) is 11.3 Å². The number of carbonyl (C=O) groups excluding carboxylic acids is 1. The van der Waals surface area contributed by atoms with E-state index in [1.165, 1.54) is 17.5 Å². The molecule has 0 radical (unpaired) electrons. The summed E-state index contributed by atoms with van der Waals surface area (Å²) in [6, 6.07) is 0. The van der Waals surface area contributed by atoms with Crippen molar-refractivity contribution in [3.63, 3.8) is 0 Å². The van der Waals surface area contributed by atoms with E-state index < -0.39 is 0 Å². The lowest BCUT2D eigenvalue weighted by Crippen LogP contribution is -2.18. The highest BCUT2D eigenvalue weighted by atomic mass is 35.5. The van der Waals surface area contributed by atoms with Gasteiger partial charge in [-0.3, -0.25) is 10.1 Å². The predicted molar refractivity (Wildman–Crippen MR) is 89.9 cm³/mol. The van der Waals surface area contributed by atoms with Gasteiger partial charge in [0.2, 0.25) is 5.95 Å². The topological polar surface area (TPSA) is 67.8 Å². The molecule has 2 rings (SSSR count). The molecule has 1 amide bonds. The number of nitrogens with one attached hydrogen (secondary N) is 1. The van der Waals surface area contributed by atoms with Gasteiger partial charge in [-0.25, -0.2) is 15.0 Å². The maximum Gasteiger partial charge on any atom is 0.269 e. The quantitative estimate of drug-likeness (QED) is 0.907. The molecule has 0 spiro atoms. The molecular weight excluding hydrogens is 320 g/mol. The van der Waals surface area contributed by atoms with Crippen LogP contribution in [0.15, 0.2) is 12.4 Å². The van der Waals surface area contributed by atoms with E-state index in [0.29, 0.717) is 21.5 Å². The van der Waals surface area contributed by atoms with Gasteiger partial charge in [-0.1, -0.05) is 46.2 Å². The minimum absolute atomic E-state index is 0.227. The molecule has 118 valence electrons. The van der Waals surface area contributed by atoms with Crippen molar-refractivity contribution in [2.24, 2.45) is 0 Å². The first kappa shape index (κ1) is 16.8. The summed E-state index contributed by atoms with van der Waals surface area (Å²) in [5.74, 6) is 0.288. The summed E-state index contributed by atoms with van der Waals surface area (Å²) in [6.07, 6.45) is 3.09. The molecule has 1 N–H and O–H groups in total. The van der Waals surface area contributed by atoms with Crippen LogP contribution in [0.1, 0.15) is 60.9 Å². The Morgan fingerprint density at radius 2 is 1.95 bits per heavy atom. The normalized spacial score (nSPS) is 11.8. The van der Waals surface area contributed by atoms with Gasteiger partial charge < -0.3 is 0 Å². The van der Waals surface area contributed by atoms with Crippen molar-refractivity contribution in [1.82, 2.24) is 15.0 Å². The van der Waals surface area contributed by atoms with Crippen LogP contribution < -0.4 is 5.32 Å². The van der Waals surface area contributed by atoms with Gasteiger partial charge in [-0.05, 0) is 0 Å². The Balaban J connectivity index is 2.21. The second-order valence-electron chi connectivity index (χ2n) is 6.31. The highest BCUT2D eigenvalue weighted by molar-refractivity contribution is 7.13. The number of thiazole rings is 1. The van der Waals surface area contributed by atoms with Crippen LogP contribution in [0.2, 0.25) is 5.02 Å². The van der Waals surface area contributed by atoms with Crippen molar-refractivity contribution in [3.05, 3.63) is 33.0 Å². The Kier molecular flexibility index (Phi) is 4.82. The summed E-state index contributed by atoms with van der Waals surface area (Å²) in [4.78, 5) is 25.5. The average molecular weight is 339 g/mol. The monoisotopic (exact) mass is 338 g/mol. The number of carbonyl (C=O) groups is 1. The van der Waals surface area contributed by atoms with E-state index in [-0.39, 0.29) is 17.3 Å². The molecule has 2 heterocycles. The van der Waals surface area contributed by atoms with Crippen molar-refractivity contribution in [2.45, 2.75) is 46.0 Å². The first-order valence-electron chi connectivity index (χ1n) is 6.98. The highest BCUT2D eigenvalue weighted by Gasteiger charge is 2.21. The van der Waals surface area contributed by atoms with Crippen LogP contribution in [0.25, 0.3) is 0 Å². The third-order valence-corrected chi connectivity index (χ3v) is 4.49. The van der Waals surface area contributed by atoms with E-state index in [4.69, 9.17) is 11.6 Å². The maximum absolute atomic E-state index is 12.2. The largest absolute Gasteiger partial charge is 0.290 e. The van der Waals surface area contributed by atoms with Gasteiger partial charge in [0.15, 0.2) is 0 Å². The molecule has 0 bridgehead atoms. The number of aromatic nitrogens is 3. The summed E-state index contributed by atoms with van der Waals surface area (Å²) >= 11 is 7.50. The Bertz CT molecular complexity index is 691. The molecule has 22 heavy (non-hydrogen) atoms. The van der Waals surface area contributed by atoms with Crippen LogP contribution in [-0.2, 0) is 5.41 Å². The molecule has 0 atom stereocenters. The Hall–Kier alpha value is -1.53. The van der Waals surface area contributed by atoms with Gasteiger partial charge in [0.1, 0.15) is 4.88 Å². The molecule has 0 unspecified atom stereocenters. The number of amides is 1. The van der Waals surface area contributed by atoms with Crippen LogP contribution in [0.4, 0.5) is 5.95 Å². The van der Waals surface area contributed by atoms with Crippen molar-refractivity contribution < 1.29 is 4.79 Å². The molecule has 7 heteroatoms. The SMILES string of the molecule is CC(C)c1ncc(C(=O)Nc2ncc(Cl)c(C(C)(C)C)n2)s1. The maximum atomic E-state index is 12.2. The van der Waals surface area contributed by atoms with Crippen molar-refractivity contribution in [1.29, 1.82) is 0 Å². The zero-order valence-electron chi connectivity index (χ0n) is 13.3. The molecule has 5 nitrogen and oxygen atoms in total. The van der Waals surface area contributed by atoms with Crippen LogP contribution in [0, 0.1) is 0 Å². The first-order valence-corrected chi connectivity index (χ1v) is 8.18. The van der Waals surface area contributed by atoms with Crippen LogP contribution >= 0.6 is 22.9 Å². The van der Waals surface area contributed by atoms with Gasteiger partial charge in [0.25, 0.3) is 5.91 Å². The number of anilines is 1. The standard InChI is InChI=1S/C15H19ClN4OS/c1-8(2)13-17-7-10(22-13)12(21)20-14-18-6-9(16)11(19-14)15(3,4)5/h6-8H,1-5H3,(H,18,19,20,21). The number of hydrogen-bond donors (Lipinski definition) is 1. The van der Waals surface area contributed by atoms with Crippen molar-refractivity contribution in [2.75, 3.05) is 5.32 Å². The summed E-state index contributed by atoms with van der Waals surface area (Å²) in [5, 5.41) is 4.12. The number of nitrogens with zero attached hydrogens (tertiary/aromatic N) is 3. The van der Waals surface area contributed by atoms with E-state index in [9.17, 15) is 4.79 Å². The molecule has 0 saturated carbocycles. The van der Waals surface area contributed by atoms with Crippen molar-refractivity contribution in [3.8, 4) is 0 Å². The number of hydrogen-bond acceptors (Lipinski definition) is 5. The fourth-order valence-electron chi connectivity index (χ4n) is 1.78. The summed E-state index contributed by atoms with van der Waals surface area (Å²) in [7, 11) is 0. The summed E-state index contributed by atoms with van der Waals surface area (Å²) < 4.78 is 0. The van der Waals surface area contributed by atoms with E-state index >= 15 is 0 Å². The highest BCUT2D eigenvalue weighted by Crippen LogP contribution is 2.28. The average Bonchev–Trinajstić information content (AvgIpc) is 2.89. The summed E-state index contributed by atoms with van der Waals surface area (Å²) in [6.45, 7) is 10.1. The van der Waals surface area contributed by atoms with Gasteiger partial charge in [-0.2, -0.15) is 0 Å². The van der Waals surface area contributed by atoms with E-state index in [2.05, 4.69) is 20.3 Å². The molecule has 0 fully saturated rings. The van der Waals surface area contributed by atoms with Crippen molar-refractivity contribution >= 4 is 34.8 Å². The molecule has 0 aromatic carbocycles. The molecule has 2 aromatic rings. The van der Waals surface area contributed by atoms with E-state index in [1.807, 2.05) is 34.6 Å². The number of halogens is 1. The zero-order chi connectivity index (χ0) is 16.5. The molecule has 0 aliphatic rings. The van der Waals surface area contributed by atoms with Gasteiger partial charge in [0.05, 0.1) is 28.1 Å². The fourth-order valence-corrected chi connectivity index (χ4v) is 2.97. The Labute approximate surface area is 139 Å². The van der Waals surface area contributed by atoms with Crippen LogP contribution in [-0.4, -0.2) is 20.9 Å². The fraction of sp³-hybridized carbons (Fsp3) is 0.467. The molecule has 0 saturated heterocycles. The summed E-state index contributed by atoms with van der Waals surface area (Å²) in [5.41, 5.74) is 0.473. The number of rotatable bonds is 3. The lowest BCUT2D eigenvalue weighted by Gasteiger charge is -2.19. The molecule has 2 aromatic heterocycles. The molecule has 0 aliphatic carbocycles. The zero-order valence-corrected chi connectivity index (χ0v) is 14.8. The third-order valence-electron chi connectivity index (χ3n) is 2.92. The van der Waals surface area contributed by atoms with Gasteiger partial charge >= 0.3 is 0 Å². The third kappa shape index (κ3) is 3.81. The predicted octanol–water partition coefficient (Wildman–Crippen LogP) is 4.26. The Morgan fingerprint density at radius 1 is 1.27 bits per heavy atom. The minimum atomic E-state index is -0.258. The second-order valence-corrected chi connectivity index (χ2v) is 7.78. The molecular formula is C15H19ClN4OS. The van der Waals surface area contributed by atoms with Gasteiger partial charge in [-0.15, -0.1) is 11.3 Å². The van der Waals surface area contributed by atoms with E-state index in [1.54, 1.807) is 6.20 Å². The minimum Gasteiger partial charge on any atom is -0.290 e. The molecule has 0 aliphatic heterocycles. The Morgan fingerprint density at radius 3 is 2.50 bits per heavy atom. The second kappa shape index (κ2) is 6.30. The lowest BCUT2D eigenvalue weighted by atomic mass is 9.92. The van der Waals surface area contributed by atoms with Crippen LogP contribution in [0.3, 0.4) is 0 Å².